The topological polar surface area (TPSA) is 85.8 Å². The lowest BCUT2D eigenvalue weighted by Crippen LogP contribution is -2.47. The van der Waals surface area contributed by atoms with Gasteiger partial charge >= 0.3 is 0 Å². The zero-order valence-corrected chi connectivity index (χ0v) is 14.4. The molecule has 1 amide bonds. The number of aliphatic hydroxyl groups excluding tert-OH is 1. The largest absolute Gasteiger partial charge is 0.396 e. The summed E-state index contributed by atoms with van der Waals surface area (Å²) in [5.74, 6) is 0.566. The predicted octanol–water partition coefficient (Wildman–Crippen LogP) is 0.700. The summed E-state index contributed by atoms with van der Waals surface area (Å²) in [5, 5.41) is 18.6. The van der Waals surface area contributed by atoms with Gasteiger partial charge in [-0.25, -0.2) is 0 Å². The maximum atomic E-state index is 11.8. The molecule has 6 nitrogen and oxygen atoms in total. The van der Waals surface area contributed by atoms with Crippen LogP contribution in [-0.4, -0.2) is 50.8 Å². The molecule has 1 atom stereocenters. The van der Waals surface area contributed by atoms with Crippen LogP contribution in [0.3, 0.4) is 0 Å². The van der Waals surface area contributed by atoms with Crippen molar-refractivity contribution in [1.82, 2.24) is 16.0 Å². The molecule has 1 aromatic rings. The molecule has 0 fully saturated rings. The van der Waals surface area contributed by atoms with Crippen LogP contribution in [0.25, 0.3) is 0 Å². The second kappa shape index (κ2) is 9.15. The van der Waals surface area contributed by atoms with Crippen molar-refractivity contribution in [2.24, 2.45) is 10.4 Å². The van der Waals surface area contributed by atoms with E-state index in [4.69, 9.17) is 0 Å². The number of hydrogen-bond acceptors (Lipinski definition) is 3. The van der Waals surface area contributed by atoms with Gasteiger partial charge in [-0.2, -0.15) is 0 Å². The minimum absolute atomic E-state index is 0.0123. The predicted molar refractivity (Wildman–Crippen MR) is 93.5 cm³/mol. The Morgan fingerprint density at radius 3 is 2.43 bits per heavy atom. The lowest BCUT2D eigenvalue weighted by molar-refractivity contribution is -0.128. The van der Waals surface area contributed by atoms with Crippen molar-refractivity contribution in [3.05, 3.63) is 35.9 Å². The smallest absolute Gasteiger partial charge is 0.227 e. The molecule has 0 saturated carbocycles. The molecule has 0 radical (unpaired) electrons. The van der Waals surface area contributed by atoms with Crippen LogP contribution >= 0.6 is 0 Å². The first-order valence-corrected chi connectivity index (χ1v) is 7.77. The fourth-order valence-corrected chi connectivity index (χ4v) is 2.18. The van der Waals surface area contributed by atoms with Crippen LogP contribution in [0.1, 0.15) is 25.3 Å². The van der Waals surface area contributed by atoms with Crippen LogP contribution in [-0.2, 0) is 4.79 Å². The van der Waals surface area contributed by atoms with Crippen LogP contribution in [0, 0.1) is 5.41 Å². The third-order valence-electron chi connectivity index (χ3n) is 3.77. The average Bonchev–Trinajstić information content (AvgIpc) is 2.58. The Morgan fingerprint density at radius 2 is 1.91 bits per heavy atom. The number of amides is 1. The zero-order valence-electron chi connectivity index (χ0n) is 14.4. The van der Waals surface area contributed by atoms with Gasteiger partial charge in [0.15, 0.2) is 5.96 Å². The third-order valence-corrected chi connectivity index (χ3v) is 3.77. The number of aliphatic hydroxyl groups is 1. The summed E-state index contributed by atoms with van der Waals surface area (Å²) in [6, 6.07) is 9.85. The molecule has 1 aromatic carbocycles. The Hall–Kier alpha value is -2.08. The Balaban J connectivity index is 2.55. The van der Waals surface area contributed by atoms with E-state index in [1.807, 2.05) is 44.2 Å². The van der Waals surface area contributed by atoms with E-state index in [2.05, 4.69) is 20.9 Å². The minimum atomic E-state index is -0.540. The number of benzene rings is 1. The van der Waals surface area contributed by atoms with E-state index >= 15 is 0 Å². The van der Waals surface area contributed by atoms with E-state index in [-0.39, 0.29) is 18.4 Å². The molecule has 0 spiro atoms. The van der Waals surface area contributed by atoms with E-state index in [1.54, 1.807) is 14.1 Å². The van der Waals surface area contributed by atoms with Crippen LogP contribution < -0.4 is 16.0 Å². The van der Waals surface area contributed by atoms with E-state index in [1.165, 1.54) is 0 Å². The Morgan fingerprint density at radius 1 is 1.26 bits per heavy atom. The van der Waals surface area contributed by atoms with Gasteiger partial charge in [-0.3, -0.25) is 9.79 Å². The van der Waals surface area contributed by atoms with E-state index in [9.17, 15) is 9.90 Å². The summed E-state index contributed by atoms with van der Waals surface area (Å²) < 4.78 is 0. The second-order valence-electron chi connectivity index (χ2n) is 6.06. The molecular weight excluding hydrogens is 292 g/mol. The molecule has 0 heterocycles. The lowest BCUT2D eigenvalue weighted by atomic mass is 9.92. The van der Waals surface area contributed by atoms with Crippen LogP contribution in [0.15, 0.2) is 35.3 Å². The first kappa shape index (κ1) is 19.0. The zero-order chi connectivity index (χ0) is 17.3. The minimum Gasteiger partial charge on any atom is -0.396 e. The van der Waals surface area contributed by atoms with Crippen molar-refractivity contribution in [3.63, 3.8) is 0 Å². The summed E-state index contributed by atoms with van der Waals surface area (Å²) in [6.07, 6.45) is 0. The van der Waals surface area contributed by atoms with Crippen molar-refractivity contribution < 1.29 is 9.90 Å². The number of guanidine groups is 1. The Labute approximate surface area is 138 Å². The SMILES string of the molecule is CN=C(NCC(CO)c1ccccc1)NCC(C)(C)C(=O)NC. The monoisotopic (exact) mass is 320 g/mol. The fraction of sp³-hybridized carbons (Fsp3) is 0.529. The summed E-state index contributed by atoms with van der Waals surface area (Å²) >= 11 is 0. The van der Waals surface area contributed by atoms with Gasteiger partial charge in [0, 0.05) is 33.1 Å². The third kappa shape index (κ3) is 5.90. The molecule has 128 valence electrons. The standard InChI is InChI=1S/C17H28N4O2/c1-17(2,15(23)18-3)12-21-16(19-4)20-10-14(11-22)13-8-6-5-7-9-13/h5-9,14,22H,10-12H2,1-4H3,(H,18,23)(H2,19,20,21). The number of nitrogens with zero attached hydrogens (tertiary/aromatic N) is 1. The average molecular weight is 320 g/mol. The van der Waals surface area contributed by atoms with Crippen molar-refractivity contribution in [3.8, 4) is 0 Å². The molecule has 0 aliphatic rings. The van der Waals surface area contributed by atoms with Crippen molar-refractivity contribution in [2.75, 3.05) is 33.8 Å². The molecule has 4 N–H and O–H groups in total. The van der Waals surface area contributed by atoms with Crippen LogP contribution in [0.4, 0.5) is 0 Å². The maximum Gasteiger partial charge on any atom is 0.227 e. The first-order valence-electron chi connectivity index (χ1n) is 7.77. The van der Waals surface area contributed by atoms with Gasteiger partial charge in [-0.05, 0) is 19.4 Å². The summed E-state index contributed by atoms with van der Waals surface area (Å²) in [7, 11) is 3.31. The van der Waals surface area contributed by atoms with Crippen molar-refractivity contribution in [2.45, 2.75) is 19.8 Å². The molecule has 6 heteroatoms. The van der Waals surface area contributed by atoms with Crippen molar-refractivity contribution in [1.29, 1.82) is 0 Å². The number of carbonyl (C=O) groups excluding carboxylic acids is 1. The highest BCUT2D eigenvalue weighted by molar-refractivity contribution is 5.84. The molecule has 0 saturated heterocycles. The van der Waals surface area contributed by atoms with Crippen LogP contribution in [0.2, 0.25) is 0 Å². The van der Waals surface area contributed by atoms with Gasteiger partial charge in [-0.1, -0.05) is 30.3 Å². The van der Waals surface area contributed by atoms with Gasteiger partial charge in [0.25, 0.3) is 0 Å². The van der Waals surface area contributed by atoms with E-state index in [0.717, 1.165) is 5.56 Å². The molecule has 0 aromatic heterocycles. The maximum absolute atomic E-state index is 11.8. The molecular formula is C17H28N4O2. The highest BCUT2D eigenvalue weighted by Gasteiger charge is 2.26. The summed E-state index contributed by atoms with van der Waals surface area (Å²) in [6.45, 7) is 4.80. The number of aliphatic imine (C=N–C) groups is 1. The number of nitrogens with one attached hydrogen (secondary N) is 3. The summed E-state index contributed by atoms with van der Waals surface area (Å²) in [4.78, 5) is 15.9. The Bertz CT molecular complexity index is 515. The number of rotatable bonds is 7. The quantitative estimate of drug-likeness (QED) is 0.440. The highest BCUT2D eigenvalue weighted by atomic mass is 16.3. The highest BCUT2D eigenvalue weighted by Crippen LogP contribution is 2.14. The van der Waals surface area contributed by atoms with Crippen molar-refractivity contribution >= 4 is 11.9 Å². The van der Waals surface area contributed by atoms with Gasteiger partial charge in [-0.15, -0.1) is 0 Å². The van der Waals surface area contributed by atoms with Gasteiger partial charge in [0.1, 0.15) is 0 Å². The normalized spacial score (nSPS) is 13.3. The van der Waals surface area contributed by atoms with Gasteiger partial charge in [0.05, 0.1) is 12.0 Å². The molecule has 1 rings (SSSR count). The van der Waals surface area contributed by atoms with Gasteiger partial charge < -0.3 is 21.1 Å². The molecule has 0 aliphatic carbocycles. The lowest BCUT2D eigenvalue weighted by Gasteiger charge is -2.25. The fourth-order valence-electron chi connectivity index (χ4n) is 2.18. The number of carbonyl (C=O) groups is 1. The second-order valence-corrected chi connectivity index (χ2v) is 6.06. The Kier molecular flexibility index (Phi) is 7.54. The van der Waals surface area contributed by atoms with Gasteiger partial charge in [0.2, 0.25) is 5.91 Å². The molecule has 23 heavy (non-hydrogen) atoms. The number of hydrogen-bond donors (Lipinski definition) is 4. The van der Waals surface area contributed by atoms with Crippen LogP contribution in [0.5, 0.6) is 0 Å². The molecule has 0 bridgehead atoms. The summed E-state index contributed by atoms with van der Waals surface area (Å²) in [5.41, 5.74) is 0.533. The van der Waals surface area contributed by atoms with E-state index in [0.29, 0.717) is 19.0 Å². The molecule has 0 aliphatic heterocycles. The molecule has 1 unspecified atom stereocenters. The first-order chi connectivity index (χ1) is 10.9. The van der Waals surface area contributed by atoms with E-state index < -0.39 is 5.41 Å².